The average molecular weight is 443 g/mol. The number of fused-ring (bicyclic) bond motifs is 1. The maximum atomic E-state index is 14.0. The maximum absolute atomic E-state index is 14.0. The minimum Gasteiger partial charge on any atom is -0.399 e. The molecule has 6 N–H and O–H groups in total. The van der Waals surface area contributed by atoms with Crippen molar-refractivity contribution in [2.24, 2.45) is 17.4 Å². The molecular formula is C27H30N4O2. The second-order valence-corrected chi connectivity index (χ2v) is 8.78. The molecule has 0 radical (unpaired) electrons. The Labute approximate surface area is 194 Å². The van der Waals surface area contributed by atoms with E-state index in [0.29, 0.717) is 37.9 Å². The highest BCUT2D eigenvalue weighted by Gasteiger charge is 2.48. The third-order valence-electron chi connectivity index (χ3n) is 6.58. The molecule has 0 saturated heterocycles. The molecule has 2 amide bonds. The third-order valence-corrected chi connectivity index (χ3v) is 6.58. The van der Waals surface area contributed by atoms with Crippen LogP contribution in [0.4, 0.5) is 11.4 Å². The van der Waals surface area contributed by atoms with Crippen LogP contribution in [-0.2, 0) is 29.0 Å². The van der Waals surface area contributed by atoms with E-state index in [1.54, 1.807) is 4.90 Å². The molecule has 0 spiro atoms. The van der Waals surface area contributed by atoms with E-state index >= 15 is 0 Å². The van der Waals surface area contributed by atoms with Gasteiger partial charge >= 0.3 is 0 Å². The van der Waals surface area contributed by atoms with Gasteiger partial charge in [0.1, 0.15) is 5.54 Å². The van der Waals surface area contributed by atoms with Gasteiger partial charge in [0.05, 0.1) is 12.5 Å². The van der Waals surface area contributed by atoms with Crippen LogP contribution in [0, 0.1) is 5.92 Å². The molecule has 6 heteroatoms. The maximum Gasteiger partial charge on any atom is 0.248 e. The van der Waals surface area contributed by atoms with E-state index in [2.05, 4.69) is 0 Å². The number of amides is 2. The summed E-state index contributed by atoms with van der Waals surface area (Å²) in [6.45, 7) is 0.333. The lowest BCUT2D eigenvalue weighted by atomic mass is 9.76. The molecule has 3 aromatic carbocycles. The predicted molar refractivity (Wildman–Crippen MR) is 131 cm³/mol. The molecule has 0 fully saturated rings. The van der Waals surface area contributed by atoms with Crippen molar-refractivity contribution in [1.82, 2.24) is 0 Å². The second kappa shape index (κ2) is 9.46. The number of carbonyl (C=O) groups excluding carboxylic acids is 2. The molecule has 0 unspecified atom stereocenters. The molecule has 6 nitrogen and oxygen atoms in total. The van der Waals surface area contributed by atoms with E-state index in [0.717, 1.165) is 22.4 Å². The summed E-state index contributed by atoms with van der Waals surface area (Å²) in [4.78, 5) is 28.3. The van der Waals surface area contributed by atoms with Crippen molar-refractivity contribution in [1.29, 1.82) is 0 Å². The van der Waals surface area contributed by atoms with Crippen LogP contribution in [0.25, 0.3) is 0 Å². The topological polar surface area (TPSA) is 115 Å². The molecular weight excluding hydrogens is 412 g/mol. The number of hydrogen-bond acceptors (Lipinski definition) is 4. The van der Waals surface area contributed by atoms with Gasteiger partial charge in [0.15, 0.2) is 0 Å². The first-order valence-electron chi connectivity index (χ1n) is 11.2. The largest absolute Gasteiger partial charge is 0.399 e. The Bertz CT molecular complexity index is 1130. The Morgan fingerprint density at radius 1 is 0.939 bits per heavy atom. The van der Waals surface area contributed by atoms with Crippen LogP contribution in [0.15, 0.2) is 78.9 Å². The van der Waals surface area contributed by atoms with Gasteiger partial charge in [0, 0.05) is 11.4 Å². The Kier molecular flexibility index (Phi) is 6.47. The van der Waals surface area contributed by atoms with Crippen molar-refractivity contribution in [3.05, 3.63) is 95.6 Å². The summed E-state index contributed by atoms with van der Waals surface area (Å²) in [6.07, 6.45) is 1.97. The number of primary amides is 1. The van der Waals surface area contributed by atoms with Gasteiger partial charge in [-0.1, -0.05) is 60.7 Å². The number of nitrogens with two attached hydrogens (primary N) is 3. The minimum atomic E-state index is -1.40. The number of para-hydroxylation sites is 1. The Hall–Kier alpha value is -3.64. The van der Waals surface area contributed by atoms with E-state index in [1.165, 1.54) is 0 Å². The van der Waals surface area contributed by atoms with E-state index in [1.807, 2.05) is 78.9 Å². The summed E-state index contributed by atoms with van der Waals surface area (Å²) in [5.41, 5.74) is 21.6. The molecule has 1 aliphatic rings. The van der Waals surface area contributed by atoms with Crippen molar-refractivity contribution < 1.29 is 9.59 Å². The Morgan fingerprint density at radius 3 is 2.30 bits per heavy atom. The van der Waals surface area contributed by atoms with Gasteiger partial charge in [-0.2, -0.15) is 0 Å². The summed E-state index contributed by atoms with van der Waals surface area (Å²) in [5, 5.41) is 0. The van der Waals surface area contributed by atoms with Crippen molar-refractivity contribution in [3.8, 4) is 0 Å². The highest BCUT2D eigenvalue weighted by molar-refractivity contribution is 6.04. The predicted octanol–water partition coefficient (Wildman–Crippen LogP) is 3.18. The van der Waals surface area contributed by atoms with Gasteiger partial charge in [-0.3, -0.25) is 9.59 Å². The summed E-state index contributed by atoms with van der Waals surface area (Å²) in [6, 6.07) is 25.1. The van der Waals surface area contributed by atoms with E-state index in [9.17, 15) is 9.59 Å². The van der Waals surface area contributed by atoms with E-state index in [-0.39, 0.29) is 5.91 Å². The van der Waals surface area contributed by atoms with Crippen molar-refractivity contribution in [2.75, 3.05) is 10.6 Å². The quantitative estimate of drug-likeness (QED) is 0.487. The number of rotatable bonds is 7. The lowest BCUT2D eigenvalue weighted by molar-refractivity contribution is -0.133. The fraction of sp³-hybridized carbons (Fsp3) is 0.259. The van der Waals surface area contributed by atoms with Gasteiger partial charge in [-0.15, -0.1) is 0 Å². The van der Waals surface area contributed by atoms with Gasteiger partial charge in [-0.05, 0) is 60.6 Å². The fourth-order valence-electron chi connectivity index (χ4n) is 4.69. The summed E-state index contributed by atoms with van der Waals surface area (Å²) in [5.74, 6) is -1.60. The fourth-order valence-corrected chi connectivity index (χ4v) is 4.69. The van der Waals surface area contributed by atoms with Crippen molar-refractivity contribution in [2.45, 2.75) is 37.8 Å². The highest BCUT2D eigenvalue weighted by atomic mass is 16.2. The first kappa shape index (κ1) is 22.6. The minimum absolute atomic E-state index is 0.277. The van der Waals surface area contributed by atoms with Crippen LogP contribution in [0.2, 0.25) is 0 Å². The molecule has 4 rings (SSSR count). The molecule has 33 heavy (non-hydrogen) atoms. The first-order valence-corrected chi connectivity index (χ1v) is 11.2. The molecule has 0 aromatic heterocycles. The summed E-state index contributed by atoms with van der Waals surface area (Å²) >= 11 is 0. The molecule has 1 heterocycles. The Morgan fingerprint density at radius 2 is 1.61 bits per heavy atom. The second-order valence-electron chi connectivity index (χ2n) is 8.78. The molecule has 0 aliphatic carbocycles. The van der Waals surface area contributed by atoms with Gasteiger partial charge in [-0.25, -0.2) is 0 Å². The zero-order valence-corrected chi connectivity index (χ0v) is 18.6. The Balaban J connectivity index is 1.69. The molecule has 0 saturated carbocycles. The van der Waals surface area contributed by atoms with E-state index < -0.39 is 17.4 Å². The summed E-state index contributed by atoms with van der Waals surface area (Å²) < 4.78 is 0. The number of hydrogen-bond donors (Lipinski definition) is 3. The van der Waals surface area contributed by atoms with Crippen LogP contribution >= 0.6 is 0 Å². The number of benzene rings is 3. The SMILES string of the molecule is NC(=O)[C@@H](CCc1ccccc1)[C@@]1(N)CCc2ccccc2N(Cc2ccc(N)cc2)C1=O. The zero-order valence-electron chi connectivity index (χ0n) is 18.6. The number of aryl methyl sites for hydroxylation is 2. The summed E-state index contributed by atoms with van der Waals surface area (Å²) in [7, 11) is 0. The average Bonchev–Trinajstić information content (AvgIpc) is 2.92. The zero-order chi connectivity index (χ0) is 23.4. The molecule has 3 aromatic rings. The normalized spacial score (nSPS) is 18.9. The lowest BCUT2D eigenvalue weighted by Gasteiger charge is -2.37. The van der Waals surface area contributed by atoms with Crippen molar-refractivity contribution >= 4 is 23.2 Å². The standard InChI is InChI=1S/C27H30N4O2/c28-22-13-10-20(11-14-22)18-31-24-9-5-4-8-21(24)16-17-27(30,26(31)33)23(25(29)32)15-12-19-6-2-1-3-7-19/h1-11,13-14,23H,12,15-18,28,30H2,(H2,29,32)/t23-,27+/m1/s1. The number of anilines is 2. The molecule has 2 atom stereocenters. The first-order chi connectivity index (χ1) is 15.9. The number of nitrogens with zero attached hydrogens (tertiary/aromatic N) is 1. The molecule has 170 valence electrons. The van der Waals surface area contributed by atoms with Gasteiger partial charge in [0.25, 0.3) is 0 Å². The van der Waals surface area contributed by atoms with E-state index in [4.69, 9.17) is 17.2 Å². The third kappa shape index (κ3) is 4.76. The van der Waals surface area contributed by atoms with Crippen LogP contribution < -0.4 is 22.1 Å². The molecule has 0 bridgehead atoms. The van der Waals surface area contributed by atoms with Crippen LogP contribution in [-0.4, -0.2) is 17.4 Å². The highest BCUT2D eigenvalue weighted by Crippen LogP contribution is 2.36. The smallest absolute Gasteiger partial charge is 0.248 e. The van der Waals surface area contributed by atoms with Gasteiger partial charge in [0.2, 0.25) is 11.8 Å². The number of nitrogen functional groups attached to an aromatic ring is 1. The van der Waals surface area contributed by atoms with Crippen LogP contribution in [0.3, 0.4) is 0 Å². The van der Waals surface area contributed by atoms with Crippen LogP contribution in [0.5, 0.6) is 0 Å². The van der Waals surface area contributed by atoms with Gasteiger partial charge < -0.3 is 22.1 Å². The van der Waals surface area contributed by atoms with Crippen LogP contribution in [0.1, 0.15) is 29.5 Å². The number of carbonyl (C=O) groups is 2. The van der Waals surface area contributed by atoms with Crippen molar-refractivity contribution in [3.63, 3.8) is 0 Å². The monoisotopic (exact) mass is 442 g/mol. The molecule has 1 aliphatic heterocycles. The lowest BCUT2D eigenvalue weighted by Crippen LogP contribution is -2.62.